The van der Waals surface area contributed by atoms with Gasteiger partial charge in [0.2, 0.25) is 12.7 Å². The molecule has 1 unspecified atom stereocenters. The van der Waals surface area contributed by atoms with Crippen LogP contribution < -0.4 is 19.7 Å². The fraction of sp³-hybridized carbons (Fsp3) is 0.417. The van der Waals surface area contributed by atoms with Crippen LogP contribution in [0.25, 0.3) is 0 Å². The second-order valence-electron chi connectivity index (χ2n) is 4.20. The van der Waals surface area contributed by atoms with Gasteiger partial charge in [-0.2, -0.15) is 0 Å². The first-order valence-corrected chi connectivity index (χ1v) is 5.70. The van der Waals surface area contributed by atoms with Crippen LogP contribution in [0.3, 0.4) is 0 Å². The highest BCUT2D eigenvalue weighted by Gasteiger charge is 2.27. The number of anilines is 1. The van der Waals surface area contributed by atoms with Crippen molar-refractivity contribution in [1.82, 2.24) is 5.32 Å². The Morgan fingerprint density at radius 3 is 3.06 bits per heavy atom. The third kappa shape index (κ3) is 1.72. The molecule has 1 aromatic carbocycles. The lowest BCUT2D eigenvalue weighted by Crippen LogP contribution is -2.53. The highest BCUT2D eigenvalue weighted by molar-refractivity contribution is 5.98. The second kappa shape index (κ2) is 3.92. The second-order valence-corrected chi connectivity index (χ2v) is 4.20. The molecule has 17 heavy (non-hydrogen) atoms. The number of rotatable bonds is 1. The number of nitrogens with zero attached hydrogens (tertiary/aromatic N) is 1. The molecule has 1 saturated heterocycles. The number of piperazine rings is 1. The van der Waals surface area contributed by atoms with Crippen molar-refractivity contribution >= 4 is 11.6 Å². The highest BCUT2D eigenvalue weighted by Crippen LogP contribution is 2.35. The van der Waals surface area contributed by atoms with E-state index in [1.807, 2.05) is 25.1 Å². The Hall–Kier alpha value is -1.75. The first-order chi connectivity index (χ1) is 8.25. The normalized spacial score (nSPS) is 23.0. The summed E-state index contributed by atoms with van der Waals surface area (Å²) in [4.78, 5) is 13.8. The molecule has 0 saturated carbocycles. The van der Waals surface area contributed by atoms with Gasteiger partial charge in [0.05, 0.1) is 6.04 Å². The van der Waals surface area contributed by atoms with E-state index in [0.29, 0.717) is 12.3 Å². The van der Waals surface area contributed by atoms with Crippen molar-refractivity contribution in [2.24, 2.45) is 0 Å². The molecule has 2 heterocycles. The van der Waals surface area contributed by atoms with E-state index < -0.39 is 0 Å². The van der Waals surface area contributed by atoms with Crippen LogP contribution in [0, 0.1) is 0 Å². The summed E-state index contributed by atoms with van der Waals surface area (Å²) in [6.45, 7) is 3.62. The van der Waals surface area contributed by atoms with Crippen molar-refractivity contribution in [2.45, 2.75) is 13.0 Å². The highest BCUT2D eigenvalue weighted by atomic mass is 16.7. The van der Waals surface area contributed by atoms with E-state index in [-0.39, 0.29) is 18.7 Å². The van der Waals surface area contributed by atoms with Crippen molar-refractivity contribution in [3.63, 3.8) is 0 Å². The first kappa shape index (κ1) is 10.4. The zero-order valence-corrected chi connectivity index (χ0v) is 9.60. The minimum Gasteiger partial charge on any atom is -0.454 e. The van der Waals surface area contributed by atoms with Gasteiger partial charge in [0.15, 0.2) is 11.5 Å². The average Bonchev–Trinajstić information content (AvgIpc) is 2.79. The van der Waals surface area contributed by atoms with Crippen molar-refractivity contribution in [2.75, 3.05) is 24.8 Å². The topological polar surface area (TPSA) is 50.8 Å². The molecule has 0 radical (unpaired) electrons. The van der Waals surface area contributed by atoms with Gasteiger partial charge in [-0.1, -0.05) is 0 Å². The van der Waals surface area contributed by atoms with E-state index in [9.17, 15) is 4.79 Å². The van der Waals surface area contributed by atoms with E-state index in [0.717, 1.165) is 18.0 Å². The van der Waals surface area contributed by atoms with Crippen LogP contribution in [0.2, 0.25) is 0 Å². The number of amides is 1. The zero-order valence-electron chi connectivity index (χ0n) is 9.60. The number of nitrogens with one attached hydrogen (secondary N) is 1. The van der Waals surface area contributed by atoms with Gasteiger partial charge in [-0.3, -0.25) is 4.79 Å². The Morgan fingerprint density at radius 2 is 2.18 bits per heavy atom. The van der Waals surface area contributed by atoms with Gasteiger partial charge in [0.1, 0.15) is 0 Å². The SMILES string of the molecule is CC1NCCN(c2ccc3c(c2)OCO3)C1=O. The minimum atomic E-state index is -0.130. The van der Waals surface area contributed by atoms with Crippen LogP contribution >= 0.6 is 0 Å². The van der Waals surface area contributed by atoms with E-state index in [1.54, 1.807) is 4.90 Å². The summed E-state index contributed by atoms with van der Waals surface area (Å²) in [6, 6.07) is 5.47. The molecule has 2 aliphatic rings. The molecule has 3 rings (SSSR count). The van der Waals surface area contributed by atoms with Gasteiger partial charge < -0.3 is 19.7 Å². The summed E-state index contributed by atoms with van der Waals surface area (Å²) in [5, 5.41) is 3.14. The number of fused-ring (bicyclic) bond motifs is 1. The summed E-state index contributed by atoms with van der Waals surface area (Å²) < 4.78 is 10.6. The van der Waals surface area contributed by atoms with Crippen molar-refractivity contribution in [3.05, 3.63) is 18.2 Å². The lowest BCUT2D eigenvalue weighted by Gasteiger charge is -2.31. The Balaban J connectivity index is 1.91. The predicted octanol–water partition coefficient (Wildman–Crippen LogP) is 0.740. The molecule has 0 aromatic heterocycles. The molecule has 0 bridgehead atoms. The fourth-order valence-electron chi connectivity index (χ4n) is 2.13. The molecule has 1 fully saturated rings. The summed E-state index contributed by atoms with van der Waals surface area (Å²) in [7, 11) is 0. The summed E-state index contributed by atoms with van der Waals surface area (Å²) in [6.07, 6.45) is 0. The lowest BCUT2D eigenvalue weighted by atomic mass is 10.2. The molecule has 5 nitrogen and oxygen atoms in total. The van der Waals surface area contributed by atoms with Gasteiger partial charge in [0.25, 0.3) is 0 Å². The molecule has 90 valence electrons. The molecule has 1 aromatic rings. The van der Waals surface area contributed by atoms with Gasteiger partial charge in [-0.25, -0.2) is 0 Å². The Labute approximate surface area is 99.3 Å². The maximum absolute atomic E-state index is 12.0. The van der Waals surface area contributed by atoms with Gasteiger partial charge >= 0.3 is 0 Å². The Bertz CT molecular complexity index is 461. The monoisotopic (exact) mass is 234 g/mol. The Morgan fingerprint density at radius 1 is 1.35 bits per heavy atom. The minimum absolute atomic E-state index is 0.0927. The third-order valence-electron chi connectivity index (χ3n) is 3.09. The quantitative estimate of drug-likeness (QED) is 0.778. The maximum Gasteiger partial charge on any atom is 0.243 e. The van der Waals surface area contributed by atoms with Crippen LogP contribution in [-0.4, -0.2) is 31.8 Å². The number of carbonyl (C=O) groups excluding carboxylic acids is 1. The lowest BCUT2D eigenvalue weighted by molar-refractivity contribution is -0.121. The smallest absolute Gasteiger partial charge is 0.243 e. The molecule has 0 aliphatic carbocycles. The molecule has 1 atom stereocenters. The van der Waals surface area contributed by atoms with Crippen molar-refractivity contribution in [1.29, 1.82) is 0 Å². The number of ether oxygens (including phenoxy) is 2. The molecular formula is C12H14N2O3. The van der Waals surface area contributed by atoms with Gasteiger partial charge in [-0.05, 0) is 19.1 Å². The van der Waals surface area contributed by atoms with Crippen LogP contribution in [-0.2, 0) is 4.79 Å². The predicted molar refractivity (Wildman–Crippen MR) is 62.4 cm³/mol. The molecule has 0 spiro atoms. The van der Waals surface area contributed by atoms with E-state index in [4.69, 9.17) is 9.47 Å². The zero-order chi connectivity index (χ0) is 11.8. The molecular weight excluding hydrogens is 220 g/mol. The summed E-state index contributed by atoms with van der Waals surface area (Å²) >= 11 is 0. The standard InChI is InChI=1S/C12H14N2O3/c1-8-12(15)14(5-4-13-8)9-2-3-10-11(6-9)17-7-16-10/h2-3,6,8,13H,4-5,7H2,1H3. The van der Waals surface area contributed by atoms with Crippen LogP contribution in [0.4, 0.5) is 5.69 Å². The fourth-order valence-corrected chi connectivity index (χ4v) is 2.13. The van der Waals surface area contributed by atoms with E-state index in [1.165, 1.54) is 0 Å². The molecule has 1 N–H and O–H groups in total. The molecule has 5 heteroatoms. The van der Waals surface area contributed by atoms with Crippen LogP contribution in [0.5, 0.6) is 11.5 Å². The molecule has 2 aliphatic heterocycles. The summed E-state index contributed by atoms with van der Waals surface area (Å²) in [5.74, 6) is 1.54. The van der Waals surface area contributed by atoms with Crippen LogP contribution in [0.15, 0.2) is 18.2 Å². The van der Waals surface area contributed by atoms with Crippen molar-refractivity contribution < 1.29 is 14.3 Å². The van der Waals surface area contributed by atoms with Gasteiger partial charge in [0, 0.05) is 24.8 Å². The average molecular weight is 234 g/mol. The number of benzene rings is 1. The van der Waals surface area contributed by atoms with E-state index in [2.05, 4.69) is 5.32 Å². The third-order valence-corrected chi connectivity index (χ3v) is 3.09. The van der Waals surface area contributed by atoms with Crippen LogP contribution in [0.1, 0.15) is 6.92 Å². The van der Waals surface area contributed by atoms with Gasteiger partial charge in [-0.15, -0.1) is 0 Å². The number of hydrogen-bond donors (Lipinski definition) is 1. The first-order valence-electron chi connectivity index (χ1n) is 5.70. The number of carbonyl (C=O) groups is 1. The Kier molecular flexibility index (Phi) is 2.40. The summed E-state index contributed by atoms with van der Waals surface area (Å²) in [5.41, 5.74) is 0.868. The maximum atomic E-state index is 12.0. The van der Waals surface area contributed by atoms with Crippen molar-refractivity contribution in [3.8, 4) is 11.5 Å². The molecule has 1 amide bonds. The van der Waals surface area contributed by atoms with E-state index >= 15 is 0 Å². The number of hydrogen-bond acceptors (Lipinski definition) is 4. The largest absolute Gasteiger partial charge is 0.454 e.